The summed E-state index contributed by atoms with van der Waals surface area (Å²) in [5.74, 6) is -1.19. The molecule has 0 amide bonds. The summed E-state index contributed by atoms with van der Waals surface area (Å²) in [6, 6.07) is 12.2. The van der Waals surface area contributed by atoms with Crippen LogP contribution in [0.5, 0.6) is 0 Å². The molecule has 1 aliphatic rings. The van der Waals surface area contributed by atoms with Gasteiger partial charge in [-0.2, -0.15) is 0 Å². The second kappa shape index (κ2) is 5.78. The van der Waals surface area contributed by atoms with Gasteiger partial charge in [-0.3, -0.25) is 0 Å². The third-order valence-corrected chi connectivity index (χ3v) is 4.92. The molecule has 0 saturated carbocycles. The van der Waals surface area contributed by atoms with E-state index in [1.807, 2.05) is 22.8 Å². The quantitative estimate of drug-likeness (QED) is 0.776. The summed E-state index contributed by atoms with van der Waals surface area (Å²) in [4.78, 5) is 11.5. The smallest absolute Gasteiger partial charge is 0.336 e. The van der Waals surface area contributed by atoms with Crippen LogP contribution in [0.25, 0.3) is 10.9 Å². The van der Waals surface area contributed by atoms with Gasteiger partial charge in [0.15, 0.2) is 0 Å². The van der Waals surface area contributed by atoms with E-state index in [0.29, 0.717) is 17.6 Å². The van der Waals surface area contributed by atoms with Crippen LogP contribution in [0.4, 0.5) is 4.39 Å². The molecular formula is C20H18FNO2. The van der Waals surface area contributed by atoms with Crippen molar-refractivity contribution in [3.8, 4) is 0 Å². The normalized spacial score (nSPS) is 13.9. The fourth-order valence-corrected chi connectivity index (χ4v) is 3.86. The van der Waals surface area contributed by atoms with E-state index in [1.54, 1.807) is 18.2 Å². The molecule has 3 nitrogen and oxygen atoms in total. The lowest BCUT2D eigenvalue weighted by molar-refractivity contribution is 0.0695. The lowest BCUT2D eigenvalue weighted by Gasteiger charge is -2.17. The molecule has 2 aromatic carbocycles. The number of aromatic carboxylic acids is 1. The highest BCUT2D eigenvalue weighted by Gasteiger charge is 2.22. The molecule has 1 aliphatic carbocycles. The minimum atomic E-state index is -0.948. The number of hydrogen-bond donors (Lipinski definition) is 1. The van der Waals surface area contributed by atoms with Gasteiger partial charge < -0.3 is 9.67 Å². The van der Waals surface area contributed by atoms with Crippen molar-refractivity contribution in [3.63, 3.8) is 0 Å². The molecule has 0 aliphatic heterocycles. The molecule has 1 N–H and O–H groups in total. The molecule has 122 valence electrons. The highest BCUT2D eigenvalue weighted by Crippen LogP contribution is 2.34. The van der Waals surface area contributed by atoms with Crippen LogP contribution in [0, 0.1) is 5.82 Å². The first-order valence-corrected chi connectivity index (χ1v) is 8.26. The van der Waals surface area contributed by atoms with Crippen LogP contribution in [0.15, 0.2) is 42.5 Å². The minimum absolute atomic E-state index is 0.241. The van der Waals surface area contributed by atoms with Gasteiger partial charge in [-0.1, -0.05) is 30.3 Å². The number of hydrogen-bond acceptors (Lipinski definition) is 1. The van der Waals surface area contributed by atoms with E-state index < -0.39 is 5.97 Å². The molecule has 3 aromatic rings. The van der Waals surface area contributed by atoms with E-state index >= 15 is 0 Å². The second-order valence-corrected chi connectivity index (χ2v) is 6.32. The fraction of sp³-hybridized carbons (Fsp3) is 0.250. The van der Waals surface area contributed by atoms with Crippen molar-refractivity contribution in [1.82, 2.24) is 4.57 Å². The van der Waals surface area contributed by atoms with E-state index in [2.05, 4.69) is 0 Å². The van der Waals surface area contributed by atoms with Crippen LogP contribution in [0.1, 0.15) is 40.0 Å². The first kappa shape index (κ1) is 14.9. The summed E-state index contributed by atoms with van der Waals surface area (Å²) >= 11 is 0. The van der Waals surface area contributed by atoms with Gasteiger partial charge in [0.25, 0.3) is 0 Å². The Morgan fingerprint density at radius 1 is 1.08 bits per heavy atom. The highest BCUT2D eigenvalue weighted by atomic mass is 19.1. The minimum Gasteiger partial charge on any atom is -0.478 e. The van der Waals surface area contributed by atoms with Crippen molar-refractivity contribution >= 4 is 16.9 Å². The zero-order valence-electron chi connectivity index (χ0n) is 13.3. The van der Waals surface area contributed by atoms with Crippen LogP contribution in [-0.4, -0.2) is 15.6 Å². The van der Waals surface area contributed by atoms with Crippen LogP contribution in [-0.2, 0) is 19.4 Å². The molecule has 0 bridgehead atoms. The number of carboxylic acid groups (broad SMARTS) is 1. The van der Waals surface area contributed by atoms with Gasteiger partial charge in [-0.05, 0) is 48.9 Å². The lowest BCUT2D eigenvalue weighted by Crippen LogP contribution is -2.12. The number of para-hydroxylation sites is 1. The van der Waals surface area contributed by atoms with Gasteiger partial charge in [0.1, 0.15) is 5.82 Å². The summed E-state index contributed by atoms with van der Waals surface area (Å²) in [6.07, 6.45) is 4.08. The molecule has 4 heteroatoms. The predicted octanol–water partition coefficient (Wildman–Crippen LogP) is 4.41. The van der Waals surface area contributed by atoms with Crippen molar-refractivity contribution in [2.75, 3.05) is 0 Å². The SMILES string of the molecule is O=C(O)c1ccccc1Cn1c2c(c3cccc(F)c31)CCCC2. The molecule has 0 atom stereocenters. The molecule has 0 spiro atoms. The van der Waals surface area contributed by atoms with Crippen LogP contribution < -0.4 is 0 Å². The largest absolute Gasteiger partial charge is 0.478 e. The number of rotatable bonds is 3. The maximum absolute atomic E-state index is 14.6. The monoisotopic (exact) mass is 323 g/mol. The topological polar surface area (TPSA) is 42.2 Å². The van der Waals surface area contributed by atoms with E-state index in [4.69, 9.17) is 0 Å². The zero-order valence-corrected chi connectivity index (χ0v) is 13.3. The third kappa shape index (κ3) is 2.30. The Hall–Kier alpha value is -2.62. The van der Waals surface area contributed by atoms with Crippen molar-refractivity contribution < 1.29 is 14.3 Å². The molecule has 1 aromatic heterocycles. The van der Waals surface area contributed by atoms with Crippen molar-refractivity contribution in [1.29, 1.82) is 0 Å². The van der Waals surface area contributed by atoms with E-state index in [0.717, 1.165) is 36.8 Å². The molecular weight excluding hydrogens is 305 g/mol. The maximum Gasteiger partial charge on any atom is 0.336 e. The van der Waals surface area contributed by atoms with Crippen LogP contribution in [0.2, 0.25) is 0 Å². The third-order valence-electron chi connectivity index (χ3n) is 4.92. The van der Waals surface area contributed by atoms with Crippen molar-refractivity contribution in [2.24, 2.45) is 0 Å². The molecule has 0 radical (unpaired) electrons. The first-order chi connectivity index (χ1) is 11.7. The average molecular weight is 323 g/mol. The Labute approximate surface area is 139 Å². The number of aromatic nitrogens is 1. The Bertz CT molecular complexity index is 942. The van der Waals surface area contributed by atoms with E-state index in [9.17, 15) is 14.3 Å². The number of benzene rings is 2. The van der Waals surface area contributed by atoms with Gasteiger partial charge in [0.05, 0.1) is 11.1 Å². The van der Waals surface area contributed by atoms with Crippen LogP contribution in [0.3, 0.4) is 0 Å². The Morgan fingerprint density at radius 3 is 2.71 bits per heavy atom. The van der Waals surface area contributed by atoms with E-state index in [1.165, 1.54) is 11.6 Å². The second-order valence-electron chi connectivity index (χ2n) is 6.32. The van der Waals surface area contributed by atoms with Crippen LogP contribution >= 0.6 is 0 Å². The van der Waals surface area contributed by atoms with Gasteiger partial charge in [0.2, 0.25) is 0 Å². The Morgan fingerprint density at radius 2 is 1.88 bits per heavy atom. The maximum atomic E-state index is 14.6. The van der Waals surface area contributed by atoms with Gasteiger partial charge in [-0.25, -0.2) is 9.18 Å². The molecule has 0 unspecified atom stereocenters. The molecule has 0 saturated heterocycles. The van der Waals surface area contributed by atoms with Gasteiger partial charge in [0, 0.05) is 17.6 Å². The van der Waals surface area contributed by atoms with Gasteiger partial charge in [-0.15, -0.1) is 0 Å². The molecule has 24 heavy (non-hydrogen) atoms. The zero-order chi connectivity index (χ0) is 16.7. The summed E-state index contributed by atoms with van der Waals surface area (Å²) in [5, 5.41) is 10.4. The van der Waals surface area contributed by atoms with E-state index in [-0.39, 0.29) is 11.4 Å². The van der Waals surface area contributed by atoms with Crippen molar-refractivity contribution in [2.45, 2.75) is 32.2 Å². The number of fused-ring (bicyclic) bond motifs is 3. The first-order valence-electron chi connectivity index (χ1n) is 8.26. The highest BCUT2D eigenvalue weighted by molar-refractivity contribution is 5.90. The number of halogens is 1. The summed E-state index contributed by atoms with van der Waals surface area (Å²) in [6.45, 7) is 0.384. The Kier molecular flexibility index (Phi) is 3.60. The number of nitrogens with zero attached hydrogens (tertiary/aromatic N) is 1. The van der Waals surface area contributed by atoms with Crippen molar-refractivity contribution in [3.05, 3.63) is 70.7 Å². The molecule has 4 rings (SSSR count). The fourth-order valence-electron chi connectivity index (χ4n) is 3.86. The predicted molar refractivity (Wildman–Crippen MR) is 91.0 cm³/mol. The van der Waals surface area contributed by atoms with Gasteiger partial charge >= 0.3 is 5.97 Å². The number of carboxylic acids is 1. The molecule has 1 heterocycles. The average Bonchev–Trinajstić information content (AvgIpc) is 2.91. The molecule has 0 fully saturated rings. The number of carbonyl (C=O) groups is 1. The number of aryl methyl sites for hydroxylation is 1. The summed E-state index contributed by atoms with van der Waals surface area (Å²) in [5.41, 5.74) is 3.97. The summed E-state index contributed by atoms with van der Waals surface area (Å²) < 4.78 is 16.5. The lowest BCUT2D eigenvalue weighted by atomic mass is 9.95. The summed E-state index contributed by atoms with van der Waals surface area (Å²) in [7, 11) is 0. The standard InChI is InChI=1S/C20H18FNO2/c21-17-10-5-9-16-15-8-3-4-11-18(15)22(19(16)17)12-13-6-1-2-7-14(13)20(23)24/h1-2,5-7,9-10H,3-4,8,11-12H2,(H,23,24). The Balaban J connectivity index is 1.93.